The Bertz CT molecular complexity index is 516. The normalized spacial score (nSPS) is 12.9. The van der Waals surface area contributed by atoms with Crippen LogP contribution in [0.25, 0.3) is 0 Å². The molecule has 0 aliphatic rings. The predicted molar refractivity (Wildman–Crippen MR) is 78.3 cm³/mol. The number of hydrogen-bond donors (Lipinski definition) is 1. The molecule has 3 nitrogen and oxygen atoms in total. The van der Waals surface area contributed by atoms with Gasteiger partial charge in [0.25, 0.3) is 0 Å². The number of nitrogens with one attached hydrogen (secondary N) is 1. The molecule has 0 saturated heterocycles. The molecule has 2 heterocycles. The first-order valence-corrected chi connectivity index (χ1v) is 7.84. The molecule has 0 spiro atoms. The Morgan fingerprint density at radius 3 is 2.67 bits per heavy atom. The lowest BCUT2D eigenvalue weighted by Gasteiger charge is -2.11. The molecular formula is C13H19N3S2. The Balaban J connectivity index is 1.95. The van der Waals surface area contributed by atoms with Crippen LogP contribution in [0.4, 0.5) is 0 Å². The van der Waals surface area contributed by atoms with Gasteiger partial charge in [-0.25, -0.2) is 9.97 Å². The maximum absolute atomic E-state index is 4.47. The number of hydrogen-bond acceptors (Lipinski definition) is 5. The second kappa shape index (κ2) is 5.91. The van der Waals surface area contributed by atoms with E-state index in [2.05, 4.69) is 43.0 Å². The highest BCUT2D eigenvalue weighted by atomic mass is 32.1. The van der Waals surface area contributed by atoms with Gasteiger partial charge in [0, 0.05) is 28.5 Å². The highest BCUT2D eigenvalue weighted by Crippen LogP contribution is 2.25. The van der Waals surface area contributed by atoms with Gasteiger partial charge in [0.1, 0.15) is 0 Å². The average molecular weight is 281 g/mol. The number of thiazole rings is 2. The molecule has 2 aromatic heterocycles. The predicted octanol–water partition coefficient (Wildman–Crippen LogP) is 3.63. The minimum atomic E-state index is 0.350. The van der Waals surface area contributed by atoms with E-state index in [0.717, 1.165) is 23.7 Å². The summed E-state index contributed by atoms with van der Waals surface area (Å²) in [6, 6.07) is 0.350. The van der Waals surface area contributed by atoms with Crippen molar-refractivity contribution >= 4 is 22.7 Å². The summed E-state index contributed by atoms with van der Waals surface area (Å²) in [5.41, 5.74) is 1.15. The molecule has 1 atom stereocenters. The monoisotopic (exact) mass is 281 g/mol. The van der Waals surface area contributed by atoms with Crippen LogP contribution in [0.15, 0.2) is 6.20 Å². The van der Waals surface area contributed by atoms with Crippen molar-refractivity contribution in [3.05, 3.63) is 31.7 Å². The van der Waals surface area contributed by atoms with Gasteiger partial charge in [-0.3, -0.25) is 0 Å². The summed E-state index contributed by atoms with van der Waals surface area (Å²) in [5, 5.41) is 5.90. The third kappa shape index (κ3) is 3.16. The lowest BCUT2D eigenvalue weighted by molar-refractivity contribution is 0.583. The van der Waals surface area contributed by atoms with Crippen molar-refractivity contribution in [3.8, 4) is 0 Å². The Morgan fingerprint density at radius 1 is 1.33 bits per heavy atom. The third-order valence-corrected chi connectivity index (χ3v) is 5.22. The second-order valence-electron chi connectivity index (χ2n) is 4.36. The van der Waals surface area contributed by atoms with E-state index in [1.807, 2.05) is 6.20 Å². The summed E-state index contributed by atoms with van der Waals surface area (Å²) in [4.78, 5) is 11.5. The molecule has 0 aliphatic heterocycles. The zero-order valence-electron chi connectivity index (χ0n) is 11.3. The zero-order valence-corrected chi connectivity index (χ0v) is 12.9. The molecule has 18 heavy (non-hydrogen) atoms. The van der Waals surface area contributed by atoms with Crippen LogP contribution < -0.4 is 5.32 Å². The molecule has 0 amide bonds. The quantitative estimate of drug-likeness (QED) is 0.909. The van der Waals surface area contributed by atoms with Gasteiger partial charge in [0.15, 0.2) is 0 Å². The molecule has 98 valence electrons. The van der Waals surface area contributed by atoms with Gasteiger partial charge in [-0.05, 0) is 27.2 Å². The molecule has 0 aromatic carbocycles. The van der Waals surface area contributed by atoms with Crippen LogP contribution in [0.2, 0.25) is 0 Å². The molecule has 2 aromatic rings. The van der Waals surface area contributed by atoms with E-state index in [-0.39, 0.29) is 0 Å². The first kappa shape index (κ1) is 13.6. The van der Waals surface area contributed by atoms with Crippen LogP contribution in [-0.2, 0) is 13.0 Å². The average Bonchev–Trinajstić information content (AvgIpc) is 2.92. The number of nitrogens with zero attached hydrogens (tertiary/aromatic N) is 2. The molecule has 5 heteroatoms. The van der Waals surface area contributed by atoms with Crippen molar-refractivity contribution in [3.63, 3.8) is 0 Å². The smallest absolute Gasteiger partial charge is 0.0925 e. The number of aromatic nitrogens is 2. The Kier molecular flexibility index (Phi) is 4.48. The SMILES string of the molecule is CCc1ncc(CNC(C)c2sc(C)nc2C)s1. The lowest BCUT2D eigenvalue weighted by atomic mass is 10.2. The lowest BCUT2D eigenvalue weighted by Crippen LogP contribution is -2.17. The van der Waals surface area contributed by atoms with Gasteiger partial charge in [0.05, 0.1) is 15.7 Å². The Morgan fingerprint density at radius 2 is 2.11 bits per heavy atom. The van der Waals surface area contributed by atoms with Gasteiger partial charge < -0.3 is 5.32 Å². The molecule has 0 saturated carbocycles. The Labute approximate surface area is 116 Å². The van der Waals surface area contributed by atoms with Crippen LogP contribution in [0.1, 0.15) is 45.4 Å². The van der Waals surface area contributed by atoms with Gasteiger partial charge in [-0.1, -0.05) is 6.92 Å². The molecule has 0 radical (unpaired) electrons. The maximum Gasteiger partial charge on any atom is 0.0925 e. The van der Waals surface area contributed by atoms with Crippen molar-refractivity contribution in [2.24, 2.45) is 0 Å². The summed E-state index contributed by atoms with van der Waals surface area (Å²) in [7, 11) is 0. The van der Waals surface area contributed by atoms with Crippen LogP contribution in [-0.4, -0.2) is 9.97 Å². The van der Waals surface area contributed by atoms with Crippen LogP contribution in [0.5, 0.6) is 0 Å². The van der Waals surface area contributed by atoms with E-state index < -0.39 is 0 Å². The maximum atomic E-state index is 4.47. The number of rotatable bonds is 5. The van der Waals surface area contributed by atoms with E-state index in [0.29, 0.717) is 6.04 Å². The minimum absolute atomic E-state index is 0.350. The molecule has 0 aliphatic carbocycles. The van der Waals surface area contributed by atoms with Crippen molar-refractivity contribution in [2.75, 3.05) is 0 Å². The standard InChI is InChI=1S/C13H19N3S2/c1-5-12-15-7-11(18-12)6-14-8(2)13-9(3)16-10(4)17-13/h7-8,14H,5-6H2,1-4H3. The molecule has 2 rings (SSSR count). The van der Waals surface area contributed by atoms with Crippen LogP contribution in [0.3, 0.4) is 0 Å². The second-order valence-corrected chi connectivity index (χ2v) is 6.79. The summed E-state index contributed by atoms with van der Waals surface area (Å²) >= 11 is 3.58. The van der Waals surface area contributed by atoms with E-state index >= 15 is 0 Å². The molecule has 0 bridgehead atoms. The molecule has 1 N–H and O–H groups in total. The fraction of sp³-hybridized carbons (Fsp3) is 0.538. The largest absolute Gasteiger partial charge is 0.304 e. The van der Waals surface area contributed by atoms with Crippen molar-refractivity contribution in [2.45, 2.75) is 46.7 Å². The van der Waals surface area contributed by atoms with Crippen LogP contribution >= 0.6 is 22.7 Å². The third-order valence-electron chi connectivity index (χ3n) is 2.82. The zero-order chi connectivity index (χ0) is 13.1. The summed E-state index contributed by atoms with van der Waals surface area (Å²) in [5.74, 6) is 0. The van der Waals surface area contributed by atoms with Crippen LogP contribution in [0, 0.1) is 13.8 Å². The topological polar surface area (TPSA) is 37.8 Å². The van der Waals surface area contributed by atoms with Gasteiger partial charge in [0.2, 0.25) is 0 Å². The fourth-order valence-electron chi connectivity index (χ4n) is 1.89. The van der Waals surface area contributed by atoms with E-state index in [4.69, 9.17) is 0 Å². The summed E-state index contributed by atoms with van der Waals surface area (Å²) in [6.07, 6.45) is 3.00. The summed E-state index contributed by atoms with van der Waals surface area (Å²) in [6.45, 7) is 9.36. The molecule has 1 unspecified atom stereocenters. The van der Waals surface area contributed by atoms with Crippen molar-refractivity contribution in [1.29, 1.82) is 0 Å². The van der Waals surface area contributed by atoms with Crippen molar-refractivity contribution in [1.82, 2.24) is 15.3 Å². The first-order valence-electron chi connectivity index (χ1n) is 6.21. The first-order chi connectivity index (χ1) is 8.60. The summed E-state index contributed by atoms with van der Waals surface area (Å²) < 4.78 is 0. The van der Waals surface area contributed by atoms with E-state index in [1.165, 1.54) is 14.8 Å². The fourth-order valence-corrected chi connectivity index (χ4v) is 3.66. The van der Waals surface area contributed by atoms with Gasteiger partial charge in [-0.15, -0.1) is 22.7 Å². The molecule has 0 fully saturated rings. The van der Waals surface area contributed by atoms with Gasteiger partial charge in [-0.2, -0.15) is 0 Å². The molecular weight excluding hydrogens is 262 g/mol. The van der Waals surface area contributed by atoms with Crippen molar-refractivity contribution < 1.29 is 0 Å². The minimum Gasteiger partial charge on any atom is -0.304 e. The number of aryl methyl sites for hydroxylation is 3. The highest BCUT2D eigenvalue weighted by Gasteiger charge is 2.12. The highest BCUT2D eigenvalue weighted by molar-refractivity contribution is 7.12. The van der Waals surface area contributed by atoms with E-state index in [9.17, 15) is 0 Å². The van der Waals surface area contributed by atoms with Gasteiger partial charge >= 0.3 is 0 Å². The Hall–Kier alpha value is -0.780. The van der Waals surface area contributed by atoms with E-state index in [1.54, 1.807) is 22.7 Å².